The van der Waals surface area contributed by atoms with Gasteiger partial charge in [-0.2, -0.15) is 0 Å². The molecule has 10 heteroatoms. The van der Waals surface area contributed by atoms with Crippen LogP contribution < -0.4 is 10.6 Å². The van der Waals surface area contributed by atoms with Crippen LogP contribution in [0.1, 0.15) is 64.1 Å². The first-order valence-electron chi connectivity index (χ1n) is 10.2. The highest BCUT2D eigenvalue weighted by Gasteiger charge is 2.60. The van der Waals surface area contributed by atoms with Crippen LogP contribution in [-0.2, 0) is 4.79 Å². The van der Waals surface area contributed by atoms with Gasteiger partial charge in [0.25, 0.3) is 5.91 Å². The molecule has 3 N–H and O–H groups in total. The number of thiophene rings is 1. The van der Waals surface area contributed by atoms with Crippen molar-refractivity contribution in [3.63, 3.8) is 0 Å². The summed E-state index contributed by atoms with van der Waals surface area (Å²) >= 11 is 8.27. The first kappa shape index (κ1) is 23.8. The number of fused-ring (bicyclic) bond motifs is 1. The number of alkyl halides is 2. The molecule has 2 aliphatic rings. The standard InChI is InChI=1S/C22H22Br2F2N2O3S/c1-11-16(23)18(24)32-17(11)19(30)27-14-6-7-15(13-5-3-2-4-12(13)14)28-20(31)21(10-29)8-22(25,26)9-21/h2-5,14-15,29H,6-10H2,1H3,(H,27,30)(H,28,31). The Balaban J connectivity index is 1.51. The van der Waals surface area contributed by atoms with Gasteiger partial charge < -0.3 is 15.7 Å². The van der Waals surface area contributed by atoms with Crippen LogP contribution in [0.15, 0.2) is 32.5 Å². The van der Waals surface area contributed by atoms with Crippen LogP contribution in [0.25, 0.3) is 0 Å². The maximum absolute atomic E-state index is 13.4. The molecule has 5 nitrogen and oxygen atoms in total. The van der Waals surface area contributed by atoms with Gasteiger partial charge >= 0.3 is 0 Å². The molecule has 1 heterocycles. The van der Waals surface area contributed by atoms with Crippen molar-refractivity contribution in [2.75, 3.05) is 6.61 Å². The second-order valence-electron chi connectivity index (χ2n) is 8.55. The lowest BCUT2D eigenvalue weighted by molar-refractivity contribution is -0.188. The number of benzene rings is 1. The first-order valence-corrected chi connectivity index (χ1v) is 12.6. The molecule has 2 unspecified atom stereocenters. The normalized spacial score (nSPS) is 23.1. The van der Waals surface area contributed by atoms with Crippen LogP contribution in [0.5, 0.6) is 0 Å². The summed E-state index contributed by atoms with van der Waals surface area (Å²) in [6.45, 7) is 1.27. The number of rotatable bonds is 5. The van der Waals surface area contributed by atoms with Gasteiger partial charge in [0.15, 0.2) is 0 Å². The minimum Gasteiger partial charge on any atom is -0.395 e. The summed E-state index contributed by atoms with van der Waals surface area (Å²) < 4.78 is 28.6. The number of halogens is 4. The zero-order valence-corrected chi connectivity index (χ0v) is 21.2. The van der Waals surface area contributed by atoms with Crippen molar-refractivity contribution in [1.29, 1.82) is 0 Å². The lowest BCUT2D eigenvalue weighted by Gasteiger charge is -2.45. The fourth-order valence-corrected chi connectivity index (χ4v) is 6.77. The van der Waals surface area contributed by atoms with Gasteiger partial charge in [0.1, 0.15) is 0 Å². The Morgan fingerprint density at radius 3 is 2.16 bits per heavy atom. The number of hydrogen-bond acceptors (Lipinski definition) is 4. The van der Waals surface area contributed by atoms with E-state index in [4.69, 9.17) is 0 Å². The highest BCUT2D eigenvalue weighted by Crippen LogP contribution is 2.52. The number of carbonyl (C=O) groups excluding carboxylic acids is 2. The third kappa shape index (κ3) is 4.26. The molecular formula is C22H22Br2F2N2O3S. The summed E-state index contributed by atoms with van der Waals surface area (Å²) in [7, 11) is 0. The van der Waals surface area contributed by atoms with Gasteiger partial charge in [-0.25, -0.2) is 8.78 Å². The largest absolute Gasteiger partial charge is 0.395 e. The molecule has 2 aliphatic carbocycles. The SMILES string of the molecule is Cc1c(C(=O)NC2CCC(NC(=O)C3(CO)CC(F)(F)C3)c3ccccc32)sc(Br)c1Br. The molecule has 0 bridgehead atoms. The van der Waals surface area contributed by atoms with E-state index in [2.05, 4.69) is 42.5 Å². The molecule has 1 aromatic carbocycles. The summed E-state index contributed by atoms with van der Waals surface area (Å²) in [5.74, 6) is -3.63. The van der Waals surface area contributed by atoms with Crippen LogP contribution in [0.4, 0.5) is 8.78 Å². The smallest absolute Gasteiger partial charge is 0.262 e. The average molecular weight is 592 g/mol. The van der Waals surface area contributed by atoms with Crippen molar-refractivity contribution in [2.24, 2.45) is 5.41 Å². The first-order chi connectivity index (χ1) is 15.1. The summed E-state index contributed by atoms with van der Waals surface area (Å²) in [5.41, 5.74) is 1.17. The molecule has 0 spiro atoms. The number of aliphatic hydroxyl groups excluding tert-OH is 1. The maximum Gasteiger partial charge on any atom is 0.262 e. The van der Waals surface area contributed by atoms with Crippen LogP contribution in [0, 0.1) is 12.3 Å². The fraction of sp³-hybridized carbons (Fsp3) is 0.455. The number of amides is 2. The van der Waals surface area contributed by atoms with E-state index in [1.54, 1.807) is 0 Å². The monoisotopic (exact) mass is 590 g/mol. The van der Waals surface area contributed by atoms with Crippen LogP contribution >= 0.6 is 43.2 Å². The summed E-state index contributed by atoms with van der Waals surface area (Å²) in [6.07, 6.45) is -0.146. The Hall–Kier alpha value is -1.36. The highest BCUT2D eigenvalue weighted by atomic mass is 79.9. The Morgan fingerprint density at radius 1 is 1.12 bits per heavy atom. The topological polar surface area (TPSA) is 78.4 Å². The molecule has 0 saturated heterocycles. The summed E-state index contributed by atoms with van der Waals surface area (Å²) in [6, 6.07) is 6.91. The predicted molar refractivity (Wildman–Crippen MR) is 125 cm³/mol. The van der Waals surface area contributed by atoms with E-state index in [1.165, 1.54) is 11.3 Å². The van der Waals surface area contributed by atoms with E-state index in [0.717, 1.165) is 24.9 Å². The van der Waals surface area contributed by atoms with Gasteiger partial charge in [0.05, 0.1) is 32.8 Å². The molecule has 2 amide bonds. The van der Waals surface area contributed by atoms with E-state index in [9.17, 15) is 23.5 Å². The van der Waals surface area contributed by atoms with Gasteiger partial charge in [-0.15, -0.1) is 11.3 Å². The molecule has 1 aromatic heterocycles. The van der Waals surface area contributed by atoms with Crippen molar-refractivity contribution in [1.82, 2.24) is 10.6 Å². The minimum atomic E-state index is -2.91. The second kappa shape index (κ2) is 8.77. The average Bonchev–Trinajstić information content (AvgIpc) is 3.00. The summed E-state index contributed by atoms with van der Waals surface area (Å²) in [5, 5.41) is 15.6. The second-order valence-corrected chi connectivity index (χ2v) is 11.7. The summed E-state index contributed by atoms with van der Waals surface area (Å²) in [4.78, 5) is 26.3. The quantitative estimate of drug-likeness (QED) is 0.435. The van der Waals surface area contributed by atoms with E-state index in [-0.39, 0.29) is 18.0 Å². The van der Waals surface area contributed by atoms with Crippen molar-refractivity contribution in [2.45, 2.75) is 50.6 Å². The van der Waals surface area contributed by atoms with Gasteiger partial charge in [0, 0.05) is 17.3 Å². The molecule has 32 heavy (non-hydrogen) atoms. The maximum atomic E-state index is 13.4. The van der Waals surface area contributed by atoms with E-state index in [1.807, 2.05) is 31.2 Å². The molecule has 1 saturated carbocycles. The number of nitrogens with one attached hydrogen (secondary N) is 2. The van der Waals surface area contributed by atoms with Gasteiger partial charge in [-0.05, 0) is 68.3 Å². The van der Waals surface area contributed by atoms with Crippen LogP contribution in [0.3, 0.4) is 0 Å². The lowest BCUT2D eigenvalue weighted by atomic mass is 9.65. The third-order valence-corrected chi connectivity index (χ3v) is 10.1. The van der Waals surface area contributed by atoms with Crippen LogP contribution in [0.2, 0.25) is 0 Å². The van der Waals surface area contributed by atoms with E-state index in [0.29, 0.717) is 17.7 Å². The molecule has 0 radical (unpaired) electrons. The van der Waals surface area contributed by atoms with E-state index < -0.39 is 36.7 Å². The van der Waals surface area contributed by atoms with Crippen molar-refractivity contribution < 1.29 is 23.5 Å². The molecule has 0 aliphatic heterocycles. The molecule has 1 fully saturated rings. The van der Waals surface area contributed by atoms with Gasteiger partial charge in [-0.1, -0.05) is 24.3 Å². The number of aliphatic hydroxyl groups is 1. The lowest BCUT2D eigenvalue weighted by Crippen LogP contribution is -2.57. The fourth-order valence-electron chi connectivity index (χ4n) is 4.58. The Kier molecular flexibility index (Phi) is 6.52. The number of carbonyl (C=O) groups is 2. The third-order valence-electron chi connectivity index (χ3n) is 6.32. The zero-order chi connectivity index (χ0) is 23.3. The Labute approximate surface area is 205 Å². The van der Waals surface area contributed by atoms with Crippen molar-refractivity contribution in [3.05, 3.63) is 54.1 Å². The molecule has 2 aromatic rings. The molecular weight excluding hydrogens is 570 g/mol. The highest BCUT2D eigenvalue weighted by molar-refractivity contribution is 9.13. The predicted octanol–water partition coefficient (Wildman–Crippen LogP) is 5.41. The molecule has 4 rings (SSSR count). The Bertz CT molecular complexity index is 1070. The Morgan fingerprint density at radius 2 is 1.69 bits per heavy atom. The van der Waals surface area contributed by atoms with Crippen LogP contribution in [-0.4, -0.2) is 29.5 Å². The zero-order valence-electron chi connectivity index (χ0n) is 17.2. The molecule has 2 atom stereocenters. The minimum absolute atomic E-state index is 0.169. The number of hydrogen-bond donors (Lipinski definition) is 3. The van der Waals surface area contributed by atoms with Crippen molar-refractivity contribution in [3.8, 4) is 0 Å². The van der Waals surface area contributed by atoms with Gasteiger partial charge in [0.2, 0.25) is 11.8 Å². The molecule has 172 valence electrons. The van der Waals surface area contributed by atoms with E-state index >= 15 is 0 Å². The van der Waals surface area contributed by atoms with Crippen molar-refractivity contribution >= 4 is 55.0 Å². The van der Waals surface area contributed by atoms with Gasteiger partial charge in [-0.3, -0.25) is 9.59 Å².